The molecule has 0 saturated heterocycles. The minimum atomic E-state index is -0.976. The Kier molecular flexibility index (Phi) is 5.55. The van der Waals surface area contributed by atoms with E-state index in [2.05, 4.69) is 26.0 Å². The first-order valence-electron chi connectivity index (χ1n) is 4.90. The molecule has 0 aliphatic heterocycles. The smallest absolute Gasteiger partial charge is 0.325 e. The molecule has 0 fully saturated rings. The van der Waals surface area contributed by atoms with Crippen LogP contribution in [0.5, 0.6) is 0 Å². The van der Waals surface area contributed by atoms with E-state index >= 15 is 0 Å². The van der Waals surface area contributed by atoms with Gasteiger partial charge in [-0.15, -0.1) is 11.6 Å². The van der Waals surface area contributed by atoms with Crippen molar-refractivity contribution in [1.29, 1.82) is 0 Å². The standard InChI is InChI=1S/C11H10BrClFNO3/c1-18-11(17)9(13)5-15-10(16)6-2-7(12)4-8(14)3-6/h2-4,9H,5H2,1H3,(H,15,16). The average Bonchev–Trinajstić information content (AvgIpc) is 2.33. The summed E-state index contributed by atoms with van der Waals surface area (Å²) in [5.41, 5.74) is 0.135. The van der Waals surface area contributed by atoms with Crippen LogP contribution in [0.3, 0.4) is 0 Å². The molecule has 1 aromatic rings. The van der Waals surface area contributed by atoms with Crippen LogP contribution < -0.4 is 5.32 Å². The molecule has 1 aromatic carbocycles. The van der Waals surface area contributed by atoms with E-state index in [1.54, 1.807) is 0 Å². The first kappa shape index (κ1) is 14.9. The Balaban J connectivity index is 2.63. The first-order valence-corrected chi connectivity index (χ1v) is 6.13. The molecule has 0 aliphatic rings. The van der Waals surface area contributed by atoms with E-state index in [1.165, 1.54) is 19.2 Å². The zero-order valence-corrected chi connectivity index (χ0v) is 11.7. The molecule has 7 heteroatoms. The summed E-state index contributed by atoms with van der Waals surface area (Å²) >= 11 is 8.73. The Morgan fingerprint density at radius 2 is 2.17 bits per heavy atom. The van der Waals surface area contributed by atoms with Gasteiger partial charge < -0.3 is 10.1 Å². The van der Waals surface area contributed by atoms with Crippen LogP contribution in [0.4, 0.5) is 4.39 Å². The third kappa shape index (κ3) is 4.27. The van der Waals surface area contributed by atoms with E-state index in [0.717, 1.165) is 6.07 Å². The van der Waals surface area contributed by atoms with Crippen LogP contribution in [0.15, 0.2) is 22.7 Å². The van der Waals surface area contributed by atoms with Gasteiger partial charge in [-0.25, -0.2) is 4.39 Å². The molecular formula is C11H10BrClFNO3. The number of hydrogen-bond donors (Lipinski definition) is 1. The maximum absolute atomic E-state index is 13.1. The molecule has 1 atom stereocenters. The van der Waals surface area contributed by atoms with Crippen molar-refractivity contribution in [3.63, 3.8) is 0 Å². The van der Waals surface area contributed by atoms with Gasteiger partial charge in [0.25, 0.3) is 5.91 Å². The molecule has 1 unspecified atom stereocenters. The largest absolute Gasteiger partial charge is 0.468 e. The normalized spacial score (nSPS) is 11.8. The fourth-order valence-corrected chi connectivity index (χ4v) is 1.81. The molecule has 4 nitrogen and oxygen atoms in total. The lowest BCUT2D eigenvalue weighted by molar-refractivity contribution is -0.140. The van der Waals surface area contributed by atoms with E-state index < -0.39 is 23.1 Å². The highest BCUT2D eigenvalue weighted by molar-refractivity contribution is 9.10. The Morgan fingerprint density at radius 1 is 1.50 bits per heavy atom. The van der Waals surface area contributed by atoms with Crippen LogP contribution in [0, 0.1) is 5.82 Å². The fraction of sp³-hybridized carbons (Fsp3) is 0.273. The average molecular weight is 339 g/mol. The van der Waals surface area contributed by atoms with Gasteiger partial charge in [-0.1, -0.05) is 15.9 Å². The lowest BCUT2D eigenvalue weighted by Gasteiger charge is -2.09. The lowest BCUT2D eigenvalue weighted by Crippen LogP contribution is -2.34. The molecule has 0 bridgehead atoms. The number of amides is 1. The summed E-state index contributed by atoms with van der Waals surface area (Å²) < 4.78 is 17.9. The highest BCUT2D eigenvalue weighted by Crippen LogP contribution is 2.14. The number of esters is 1. The molecular weight excluding hydrogens is 328 g/mol. The van der Waals surface area contributed by atoms with E-state index in [-0.39, 0.29) is 12.1 Å². The van der Waals surface area contributed by atoms with Crippen molar-refractivity contribution in [3.05, 3.63) is 34.1 Å². The summed E-state index contributed by atoms with van der Waals surface area (Å²) in [6, 6.07) is 3.77. The first-order chi connectivity index (χ1) is 8.43. The predicted molar refractivity (Wildman–Crippen MR) is 68.1 cm³/mol. The SMILES string of the molecule is COC(=O)C(Cl)CNC(=O)c1cc(F)cc(Br)c1. The molecule has 1 amide bonds. The van der Waals surface area contributed by atoms with Crippen molar-refractivity contribution >= 4 is 39.4 Å². The van der Waals surface area contributed by atoms with Crippen molar-refractivity contribution in [2.75, 3.05) is 13.7 Å². The number of ether oxygens (including phenoxy) is 1. The van der Waals surface area contributed by atoms with Gasteiger partial charge in [0.2, 0.25) is 0 Å². The van der Waals surface area contributed by atoms with Gasteiger partial charge in [-0.3, -0.25) is 9.59 Å². The molecule has 0 saturated carbocycles. The summed E-state index contributed by atoms with van der Waals surface area (Å²) in [6.07, 6.45) is 0. The minimum Gasteiger partial charge on any atom is -0.468 e. The third-order valence-electron chi connectivity index (χ3n) is 2.02. The number of carbonyl (C=O) groups excluding carboxylic acids is 2. The molecule has 1 rings (SSSR count). The number of benzene rings is 1. The summed E-state index contributed by atoms with van der Waals surface area (Å²) in [7, 11) is 1.20. The molecule has 18 heavy (non-hydrogen) atoms. The van der Waals surface area contributed by atoms with Gasteiger partial charge in [0.05, 0.1) is 7.11 Å². The number of carbonyl (C=O) groups is 2. The number of methoxy groups -OCH3 is 1. The second-order valence-corrected chi connectivity index (χ2v) is 4.80. The van der Waals surface area contributed by atoms with Gasteiger partial charge >= 0.3 is 5.97 Å². The lowest BCUT2D eigenvalue weighted by atomic mass is 10.2. The van der Waals surface area contributed by atoms with Crippen LogP contribution in [-0.4, -0.2) is 30.9 Å². The zero-order valence-electron chi connectivity index (χ0n) is 9.38. The zero-order chi connectivity index (χ0) is 13.7. The van der Waals surface area contributed by atoms with Crippen molar-refractivity contribution in [1.82, 2.24) is 5.32 Å². The summed E-state index contributed by atoms with van der Waals surface area (Å²) in [5, 5.41) is 1.43. The van der Waals surface area contributed by atoms with Crippen molar-refractivity contribution in [2.24, 2.45) is 0 Å². The Morgan fingerprint density at radius 3 is 2.72 bits per heavy atom. The number of nitrogens with one attached hydrogen (secondary N) is 1. The van der Waals surface area contributed by atoms with Crippen molar-refractivity contribution in [2.45, 2.75) is 5.38 Å². The van der Waals surface area contributed by atoms with Crippen molar-refractivity contribution in [3.8, 4) is 0 Å². The molecule has 1 N–H and O–H groups in total. The highest BCUT2D eigenvalue weighted by atomic mass is 79.9. The van der Waals surface area contributed by atoms with Crippen LogP contribution in [-0.2, 0) is 9.53 Å². The molecule has 0 aromatic heterocycles. The van der Waals surface area contributed by atoms with Crippen LogP contribution >= 0.6 is 27.5 Å². The van der Waals surface area contributed by atoms with Gasteiger partial charge in [0, 0.05) is 16.6 Å². The number of hydrogen-bond acceptors (Lipinski definition) is 3. The van der Waals surface area contributed by atoms with Crippen molar-refractivity contribution < 1.29 is 18.7 Å². The third-order valence-corrected chi connectivity index (χ3v) is 2.81. The van der Waals surface area contributed by atoms with Gasteiger partial charge in [0.15, 0.2) is 0 Å². The summed E-state index contributed by atoms with van der Waals surface area (Å²) in [5.74, 6) is -1.70. The summed E-state index contributed by atoms with van der Waals surface area (Å²) in [6.45, 7) is -0.0960. The molecule has 0 heterocycles. The predicted octanol–water partition coefficient (Wildman–Crippen LogP) is 2.10. The van der Waals surface area contributed by atoms with Gasteiger partial charge in [-0.05, 0) is 18.2 Å². The maximum Gasteiger partial charge on any atom is 0.325 e. The van der Waals surface area contributed by atoms with Crippen LogP contribution in [0.25, 0.3) is 0 Å². The quantitative estimate of drug-likeness (QED) is 0.676. The molecule has 0 radical (unpaired) electrons. The van der Waals surface area contributed by atoms with E-state index in [4.69, 9.17) is 11.6 Å². The second kappa shape index (κ2) is 6.70. The monoisotopic (exact) mass is 337 g/mol. The minimum absolute atomic E-state index is 0.0960. The molecule has 0 spiro atoms. The second-order valence-electron chi connectivity index (χ2n) is 3.36. The number of halogens is 3. The van der Waals surface area contributed by atoms with Gasteiger partial charge in [0.1, 0.15) is 11.2 Å². The van der Waals surface area contributed by atoms with Gasteiger partial charge in [-0.2, -0.15) is 0 Å². The van der Waals surface area contributed by atoms with Crippen LogP contribution in [0.2, 0.25) is 0 Å². The summed E-state index contributed by atoms with van der Waals surface area (Å²) in [4.78, 5) is 22.7. The number of rotatable bonds is 4. The highest BCUT2D eigenvalue weighted by Gasteiger charge is 2.17. The van der Waals surface area contributed by atoms with E-state index in [0.29, 0.717) is 4.47 Å². The number of alkyl halides is 1. The molecule has 98 valence electrons. The van der Waals surface area contributed by atoms with E-state index in [1.807, 2.05) is 0 Å². The van der Waals surface area contributed by atoms with Crippen LogP contribution in [0.1, 0.15) is 10.4 Å². The topological polar surface area (TPSA) is 55.4 Å². The Hall–Kier alpha value is -1.14. The Bertz CT molecular complexity index is 449. The fourth-order valence-electron chi connectivity index (χ4n) is 1.18. The van der Waals surface area contributed by atoms with E-state index in [9.17, 15) is 14.0 Å². The maximum atomic E-state index is 13.1. The Labute approximate surface area is 117 Å². The molecule has 0 aliphatic carbocycles.